The van der Waals surface area contributed by atoms with Gasteiger partial charge in [-0.3, -0.25) is 0 Å². The summed E-state index contributed by atoms with van der Waals surface area (Å²) in [7, 11) is 0. The number of benzene rings is 6. The molecule has 0 spiro atoms. The standard InChI is InChI=1S/C44H28N6/c1-3-13-29(14-4-1)42-46-43(30-15-5-2-6-16-30)48-44(47-42)36-24-25-39(33-18-8-7-17-32(33)36)50-38-20-10-9-19-34(38)35-23-22-31(27-40(35)50)37-28-49-26-12-11-21-41(49)45-37/h1-28H. The van der Waals surface area contributed by atoms with Gasteiger partial charge in [0.15, 0.2) is 17.5 Å². The molecule has 0 aliphatic rings. The first kappa shape index (κ1) is 28.1. The van der Waals surface area contributed by atoms with Crippen LogP contribution in [0.1, 0.15) is 0 Å². The van der Waals surface area contributed by atoms with E-state index >= 15 is 0 Å². The monoisotopic (exact) mass is 640 g/mol. The highest BCUT2D eigenvalue weighted by Crippen LogP contribution is 2.39. The van der Waals surface area contributed by atoms with Crippen LogP contribution in [0.2, 0.25) is 0 Å². The summed E-state index contributed by atoms with van der Waals surface area (Å²) in [4.78, 5) is 20.0. The van der Waals surface area contributed by atoms with E-state index in [1.807, 2.05) is 85.1 Å². The van der Waals surface area contributed by atoms with Crippen molar-refractivity contribution in [2.24, 2.45) is 0 Å². The predicted octanol–water partition coefficient (Wildman–Crippen LogP) is 10.4. The number of rotatable bonds is 5. The van der Waals surface area contributed by atoms with Gasteiger partial charge in [-0.15, -0.1) is 0 Å². The molecule has 6 aromatic carbocycles. The highest BCUT2D eigenvalue weighted by atomic mass is 15.0. The molecule has 0 atom stereocenters. The third kappa shape index (κ3) is 4.58. The predicted molar refractivity (Wildman–Crippen MR) is 202 cm³/mol. The van der Waals surface area contributed by atoms with Gasteiger partial charge in [-0.1, -0.05) is 121 Å². The zero-order valence-corrected chi connectivity index (χ0v) is 26.8. The third-order valence-electron chi connectivity index (χ3n) is 9.42. The molecule has 0 radical (unpaired) electrons. The number of para-hydroxylation sites is 1. The van der Waals surface area contributed by atoms with Gasteiger partial charge in [-0.05, 0) is 41.8 Å². The SMILES string of the molecule is c1ccc(-c2nc(-c3ccccc3)nc(-c3ccc(-n4c5ccccc5c5ccc(-c6cn7ccccc7n6)cc54)c4ccccc34)n2)cc1. The van der Waals surface area contributed by atoms with Crippen molar-refractivity contribution in [1.29, 1.82) is 0 Å². The maximum absolute atomic E-state index is 5.07. The number of hydrogen-bond acceptors (Lipinski definition) is 4. The van der Waals surface area contributed by atoms with Crippen LogP contribution in [0.4, 0.5) is 0 Å². The summed E-state index contributed by atoms with van der Waals surface area (Å²) in [6.07, 6.45) is 4.13. The van der Waals surface area contributed by atoms with Crippen LogP contribution in [0.15, 0.2) is 170 Å². The second-order valence-corrected chi connectivity index (χ2v) is 12.4. The van der Waals surface area contributed by atoms with Crippen molar-refractivity contribution in [3.63, 3.8) is 0 Å². The molecule has 0 saturated carbocycles. The molecule has 10 aromatic rings. The summed E-state index contributed by atoms with van der Waals surface area (Å²) in [5.74, 6) is 1.92. The van der Waals surface area contributed by atoms with Gasteiger partial charge in [-0.25, -0.2) is 19.9 Å². The molecule has 4 heterocycles. The number of nitrogens with zero attached hydrogens (tertiary/aromatic N) is 6. The van der Waals surface area contributed by atoms with Crippen LogP contribution in [0.5, 0.6) is 0 Å². The molecule has 10 rings (SSSR count). The number of hydrogen-bond donors (Lipinski definition) is 0. The van der Waals surface area contributed by atoms with Crippen molar-refractivity contribution in [3.8, 4) is 51.1 Å². The molecule has 0 aliphatic heterocycles. The van der Waals surface area contributed by atoms with E-state index in [0.29, 0.717) is 17.5 Å². The average Bonchev–Trinajstić information content (AvgIpc) is 3.77. The maximum atomic E-state index is 5.07. The van der Waals surface area contributed by atoms with Gasteiger partial charge in [0, 0.05) is 50.8 Å². The van der Waals surface area contributed by atoms with Gasteiger partial charge < -0.3 is 8.97 Å². The Morgan fingerprint density at radius 2 is 1.02 bits per heavy atom. The van der Waals surface area contributed by atoms with E-state index in [2.05, 4.69) is 94.0 Å². The quantitative estimate of drug-likeness (QED) is 0.188. The van der Waals surface area contributed by atoms with Crippen molar-refractivity contribution in [2.45, 2.75) is 0 Å². The molecule has 234 valence electrons. The van der Waals surface area contributed by atoms with Crippen LogP contribution < -0.4 is 0 Å². The van der Waals surface area contributed by atoms with Gasteiger partial charge in [0.05, 0.1) is 22.4 Å². The Labute approximate surface area is 287 Å². The Morgan fingerprint density at radius 1 is 0.400 bits per heavy atom. The lowest BCUT2D eigenvalue weighted by Crippen LogP contribution is -2.01. The highest BCUT2D eigenvalue weighted by Gasteiger charge is 2.19. The van der Waals surface area contributed by atoms with E-state index < -0.39 is 0 Å². The Morgan fingerprint density at radius 3 is 1.76 bits per heavy atom. The molecule has 0 saturated heterocycles. The Hall–Kier alpha value is -6.92. The minimum Gasteiger partial charge on any atom is -0.309 e. The molecular formula is C44H28N6. The van der Waals surface area contributed by atoms with Crippen molar-refractivity contribution >= 4 is 38.2 Å². The van der Waals surface area contributed by atoms with Crippen molar-refractivity contribution < 1.29 is 0 Å². The number of aromatic nitrogens is 6. The lowest BCUT2D eigenvalue weighted by Gasteiger charge is -2.15. The Kier molecular flexibility index (Phi) is 6.39. The fourth-order valence-corrected chi connectivity index (χ4v) is 7.07. The van der Waals surface area contributed by atoms with Crippen molar-refractivity contribution in [1.82, 2.24) is 28.9 Å². The molecule has 0 bridgehead atoms. The summed E-state index contributed by atoms with van der Waals surface area (Å²) in [6, 6.07) is 54.5. The molecule has 6 heteroatoms. The second-order valence-electron chi connectivity index (χ2n) is 12.4. The van der Waals surface area contributed by atoms with Crippen LogP contribution in [-0.2, 0) is 0 Å². The van der Waals surface area contributed by atoms with Crippen LogP contribution in [0.25, 0.3) is 89.3 Å². The molecule has 0 fully saturated rings. The van der Waals surface area contributed by atoms with Crippen molar-refractivity contribution in [3.05, 3.63) is 170 Å². The molecule has 0 unspecified atom stereocenters. The Balaban J connectivity index is 1.20. The summed E-state index contributed by atoms with van der Waals surface area (Å²) in [5.41, 5.74) is 9.13. The molecule has 0 amide bonds. The molecule has 6 nitrogen and oxygen atoms in total. The van der Waals surface area contributed by atoms with Gasteiger partial charge in [0.1, 0.15) is 5.65 Å². The normalized spacial score (nSPS) is 11.6. The minimum atomic E-state index is 0.636. The number of fused-ring (bicyclic) bond motifs is 5. The average molecular weight is 641 g/mol. The van der Waals surface area contributed by atoms with Gasteiger partial charge in [-0.2, -0.15) is 0 Å². The van der Waals surface area contributed by atoms with Crippen LogP contribution >= 0.6 is 0 Å². The van der Waals surface area contributed by atoms with Crippen LogP contribution in [0, 0.1) is 0 Å². The first-order valence-corrected chi connectivity index (χ1v) is 16.7. The molecule has 0 aliphatic carbocycles. The zero-order chi connectivity index (χ0) is 33.0. The van der Waals surface area contributed by atoms with E-state index in [0.717, 1.165) is 61.1 Å². The molecular weight excluding hydrogens is 613 g/mol. The van der Waals surface area contributed by atoms with E-state index in [-0.39, 0.29) is 0 Å². The van der Waals surface area contributed by atoms with E-state index in [4.69, 9.17) is 19.9 Å². The van der Waals surface area contributed by atoms with Gasteiger partial charge in [0.2, 0.25) is 0 Å². The largest absolute Gasteiger partial charge is 0.309 e. The van der Waals surface area contributed by atoms with Crippen LogP contribution in [-0.4, -0.2) is 28.9 Å². The minimum absolute atomic E-state index is 0.636. The molecule has 50 heavy (non-hydrogen) atoms. The first-order chi connectivity index (χ1) is 24.8. The Bertz CT molecular complexity index is 2780. The summed E-state index contributed by atoms with van der Waals surface area (Å²) in [5, 5.41) is 4.57. The zero-order valence-electron chi connectivity index (χ0n) is 26.8. The third-order valence-corrected chi connectivity index (χ3v) is 9.42. The van der Waals surface area contributed by atoms with Crippen LogP contribution in [0.3, 0.4) is 0 Å². The van der Waals surface area contributed by atoms with Crippen molar-refractivity contribution in [2.75, 3.05) is 0 Å². The lowest BCUT2D eigenvalue weighted by atomic mass is 10.0. The van der Waals surface area contributed by atoms with E-state index in [1.165, 1.54) is 10.8 Å². The van der Waals surface area contributed by atoms with E-state index in [9.17, 15) is 0 Å². The summed E-state index contributed by atoms with van der Waals surface area (Å²) in [6.45, 7) is 0. The first-order valence-electron chi connectivity index (χ1n) is 16.7. The number of pyridine rings is 1. The smallest absolute Gasteiger partial charge is 0.164 e. The molecule has 4 aromatic heterocycles. The van der Waals surface area contributed by atoms with E-state index in [1.54, 1.807) is 0 Å². The summed E-state index contributed by atoms with van der Waals surface area (Å²) >= 11 is 0. The molecule has 0 N–H and O–H groups in total. The van der Waals surface area contributed by atoms with Gasteiger partial charge in [0.25, 0.3) is 0 Å². The second kappa shape index (κ2) is 11.4. The fourth-order valence-electron chi connectivity index (χ4n) is 7.07. The summed E-state index contributed by atoms with van der Waals surface area (Å²) < 4.78 is 4.45. The topological polar surface area (TPSA) is 60.9 Å². The van der Waals surface area contributed by atoms with Gasteiger partial charge >= 0.3 is 0 Å². The lowest BCUT2D eigenvalue weighted by molar-refractivity contribution is 1.08. The number of imidazole rings is 1. The highest BCUT2D eigenvalue weighted by molar-refractivity contribution is 6.12. The fraction of sp³-hybridized carbons (Fsp3) is 0. The maximum Gasteiger partial charge on any atom is 0.164 e.